The van der Waals surface area contributed by atoms with Crippen LogP contribution in [0.2, 0.25) is 10.0 Å². The van der Waals surface area contributed by atoms with Gasteiger partial charge in [-0.25, -0.2) is 0 Å². The van der Waals surface area contributed by atoms with Gasteiger partial charge in [0.15, 0.2) is 0 Å². The largest absolute Gasteiger partial charge is 0.492 e. The standard InChI is InChI=1S/C16H21Cl2NO/c1-10-2-4-12(5-3-10)19-15-6-7-20-16-13(15)8-11(17)9-14(16)18/h8-10,12,15,19H,2-7H2,1H3. The van der Waals surface area contributed by atoms with E-state index in [2.05, 4.69) is 12.2 Å². The first-order valence-corrected chi connectivity index (χ1v) is 8.27. The third-order valence-electron chi connectivity index (χ3n) is 4.52. The molecular formula is C16H21Cl2NO. The van der Waals surface area contributed by atoms with E-state index in [1.54, 1.807) is 6.07 Å². The monoisotopic (exact) mass is 313 g/mol. The molecule has 1 aromatic carbocycles. The molecule has 1 aromatic rings. The molecule has 1 heterocycles. The van der Waals surface area contributed by atoms with E-state index in [-0.39, 0.29) is 0 Å². The third-order valence-corrected chi connectivity index (χ3v) is 5.02. The number of nitrogens with one attached hydrogen (secondary N) is 1. The van der Waals surface area contributed by atoms with Gasteiger partial charge in [0.05, 0.1) is 11.6 Å². The highest BCUT2D eigenvalue weighted by Gasteiger charge is 2.27. The van der Waals surface area contributed by atoms with Gasteiger partial charge in [-0.15, -0.1) is 0 Å². The summed E-state index contributed by atoms with van der Waals surface area (Å²) in [4.78, 5) is 0. The summed E-state index contributed by atoms with van der Waals surface area (Å²) in [6.45, 7) is 3.06. The van der Waals surface area contributed by atoms with Gasteiger partial charge in [0.25, 0.3) is 0 Å². The Kier molecular flexibility index (Phi) is 4.44. The maximum absolute atomic E-state index is 6.24. The highest BCUT2D eigenvalue weighted by atomic mass is 35.5. The van der Waals surface area contributed by atoms with Gasteiger partial charge in [0, 0.05) is 29.1 Å². The van der Waals surface area contributed by atoms with Crippen LogP contribution in [0.4, 0.5) is 0 Å². The Morgan fingerprint density at radius 1 is 1.10 bits per heavy atom. The summed E-state index contributed by atoms with van der Waals surface area (Å²) in [5.41, 5.74) is 1.12. The lowest BCUT2D eigenvalue weighted by Crippen LogP contribution is -2.37. The molecule has 1 aliphatic carbocycles. The van der Waals surface area contributed by atoms with Crippen molar-refractivity contribution < 1.29 is 4.74 Å². The number of halogens is 2. The fourth-order valence-corrected chi connectivity index (χ4v) is 3.87. The normalized spacial score (nSPS) is 29.6. The first kappa shape index (κ1) is 14.5. The highest BCUT2D eigenvalue weighted by molar-refractivity contribution is 6.35. The molecule has 3 rings (SSSR count). The summed E-state index contributed by atoms with van der Waals surface area (Å²) in [7, 11) is 0. The summed E-state index contributed by atoms with van der Waals surface area (Å²) in [5.74, 6) is 1.68. The van der Waals surface area contributed by atoms with E-state index in [0.29, 0.717) is 22.1 Å². The maximum atomic E-state index is 6.24. The molecule has 0 saturated heterocycles. The van der Waals surface area contributed by atoms with Gasteiger partial charge in [-0.05, 0) is 43.7 Å². The van der Waals surface area contributed by atoms with E-state index in [0.717, 1.165) is 30.3 Å². The lowest BCUT2D eigenvalue weighted by Gasteiger charge is -2.34. The van der Waals surface area contributed by atoms with Gasteiger partial charge in [-0.2, -0.15) is 0 Å². The number of ether oxygens (including phenoxy) is 1. The Morgan fingerprint density at radius 3 is 2.60 bits per heavy atom. The van der Waals surface area contributed by atoms with Gasteiger partial charge in [-0.1, -0.05) is 30.1 Å². The third kappa shape index (κ3) is 3.08. The van der Waals surface area contributed by atoms with Gasteiger partial charge in [-0.3, -0.25) is 0 Å². The van der Waals surface area contributed by atoms with Gasteiger partial charge >= 0.3 is 0 Å². The van der Waals surface area contributed by atoms with Crippen molar-refractivity contribution in [2.24, 2.45) is 5.92 Å². The molecule has 2 nitrogen and oxygen atoms in total. The maximum Gasteiger partial charge on any atom is 0.142 e. The molecule has 4 heteroatoms. The second kappa shape index (κ2) is 6.13. The molecule has 1 saturated carbocycles. The Hall–Kier alpha value is -0.440. The second-order valence-corrected chi connectivity index (χ2v) is 6.96. The molecule has 1 unspecified atom stereocenters. The molecule has 1 atom stereocenters. The minimum absolute atomic E-state index is 0.313. The zero-order chi connectivity index (χ0) is 14.1. The minimum atomic E-state index is 0.313. The molecule has 110 valence electrons. The first-order valence-electron chi connectivity index (χ1n) is 7.51. The average molecular weight is 314 g/mol. The summed E-state index contributed by atoms with van der Waals surface area (Å²) >= 11 is 12.4. The van der Waals surface area contributed by atoms with Crippen molar-refractivity contribution in [3.8, 4) is 5.75 Å². The Labute approximate surface area is 130 Å². The van der Waals surface area contributed by atoms with Crippen LogP contribution in [0.1, 0.15) is 50.6 Å². The molecule has 0 amide bonds. The Bertz CT molecular complexity index is 484. The Balaban J connectivity index is 1.76. The molecule has 1 N–H and O–H groups in total. The van der Waals surface area contributed by atoms with Crippen molar-refractivity contribution in [1.82, 2.24) is 5.32 Å². The van der Waals surface area contributed by atoms with Crippen LogP contribution in [0.15, 0.2) is 12.1 Å². The van der Waals surface area contributed by atoms with Crippen molar-refractivity contribution in [2.45, 2.75) is 51.1 Å². The van der Waals surface area contributed by atoms with E-state index in [1.165, 1.54) is 25.7 Å². The number of fused-ring (bicyclic) bond motifs is 1. The predicted molar refractivity (Wildman–Crippen MR) is 83.9 cm³/mol. The summed E-state index contributed by atoms with van der Waals surface area (Å²) in [6.07, 6.45) is 6.16. The van der Waals surface area contributed by atoms with E-state index in [4.69, 9.17) is 27.9 Å². The van der Waals surface area contributed by atoms with Gasteiger partial charge in [0.2, 0.25) is 0 Å². The fourth-order valence-electron chi connectivity index (χ4n) is 3.31. The van der Waals surface area contributed by atoms with E-state index >= 15 is 0 Å². The van der Waals surface area contributed by atoms with Crippen molar-refractivity contribution >= 4 is 23.2 Å². The van der Waals surface area contributed by atoms with Crippen molar-refractivity contribution in [3.05, 3.63) is 27.7 Å². The zero-order valence-corrected chi connectivity index (χ0v) is 13.3. The van der Waals surface area contributed by atoms with Crippen LogP contribution in [-0.4, -0.2) is 12.6 Å². The summed E-state index contributed by atoms with van der Waals surface area (Å²) in [6, 6.07) is 4.67. The van der Waals surface area contributed by atoms with Crippen LogP contribution in [0, 0.1) is 5.92 Å². The average Bonchev–Trinajstić information content (AvgIpc) is 2.42. The fraction of sp³-hybridized carbons (Fsp3) is 0.625. The van der Waals surface area contributed by atoms with Crippen LogP contribution in [0.5, 0.6) is 5.75 Å². The van der Waals surface area contributed by atoms with Crippen LogP contribution in [0.25, 0.3) is 0 Å². The van der Waals surface area contributed by atoms with Crippen LogP contribution < -0.4 is 10.1 Å². The molecule has 0 aromatic heterocycles. The molecule has 0 bridgehead atoms. The lowest BCUT2D eigenvalue weighted by molar-refractivity contribution is 0.223. The molecule has 2 aliphatic rings. The van der Waals surface area contributed by atoms with E-state index < -0.39 is 0 Å². The molecule has 0 radical (unpaired) electrons. The lowest BCUT2D eigenvalue weighted by atomic mass is 9.86. The number of rotatable bonds is 2. The first-order chi connectivity index (χ1) is 9.63. The number of benzene rings is 1. The Morgan fingerprint density at radius 2 is 1.85 bits per heavy atom. The second-order valence-electron chi connectivity index (χ2n) is 6.12. The predicted octanol–water partition coefficient (Wildman–Crippen LogP) is 4.99. The molecule has 0 spiro atoms. The van der Waals surface area contributed by atoms with E-state index in [1.807, 2.05) is 6.07 Å². The van der Waals surface area contributed by atoms with E-state index in [9.17, 15) is 0 Å². The van der Waals surface area contributed by atoms with Crippen LogP contribution >= 0.6 is 23.2 Å². The van der Waals surface area contributed by atoms with Crippen molar-refractivity contribution in [2.75, 3.05) is 6.61 Å². The summed E-state index contributed by atoms with van der Waals surface area (Å²) in [5, 5.41) is 5.10. The quantitative estimate of drug-likeness (QED) is 0.831. The molecule has 20 heavy (non-hydrogen) atoms. The number of hydrogen-bond acceptors (Lipinski definition) is 2. The topological polar surface area (TPSA) is 21.3 Å². The minimum Gasteiger partial charge on any atom is -0.492 e. The highest BCUT2D eigenvalue weighted by Crippen LogP contribution is 2.40. The van der Waals surface area contributed by atoms with Crippen molar-refractivity contribution in [1.29, 1.82) is 0 Å². The van der Waals surface area contributed by atoms with Crippen LogP contribution in [0.3, 0.4) is 0 Å². The molecular weight excluding hydrogens is 293 g/mol. The molecule has 1 fully saturated rings. The van der Waals surface area contributed by atoms with Gasteiger partial charge in [0.1, 0.15) is 5.75 Å². The smallest absolute Gasteiger partial charge is 0.142 e. The zero-order valence-electron chi connectivity index (χ0n) is 11.8. The summed E-state index contributed by atoms with van der Waals surface area (Å²) < 4.78 is 5.72. The number of hydrogen-bond donors (Lipinski definition) is 1. The molecule has 1 aliphatic heterocycles. The van der Waals surface area contributed by atoms with Crippen LogP contribution in [-0.2, 0) is 0 Å². The SMILES string of the molecule is CC1CCC(NC2CCOc3c(Cl)cc(Cl)cc32)CC1. The van der Waals surface area contributed by atoms with Crippen molar-refractivity contribution in [3.63, 3.8) is 0 Å². The van der Waals surface area contributed by atoms with Gasteiger partial charge < -0.3 is 10.1 Å².